The Balaban J connectivity index is 1.78. The number of aromatic hydroxyl groups is 1. The van der Waals surface area contributed by atoms with Gasteiger partial charge in [-0.25, -0.2) is 0 Å². The van der Waals surface area contributed by atoms with Crippen LogP contribution in [0.2, 0.25) is 0 Å². The maximum Gasteiger partial charge on any atom is 0.265 e. The van der Waals surface area contributed by atoms with E-state index in [0.717, 1.165) is 17.7 Å². The van der Waals surface area contributed by atoms with E-state index in [1.54, 1.807) is 35.6 Å². The van der Waals surface area contributed by atoms with Crippen molar-refractivity contribution in [3.63, 3.8) is 0 Å². The quantitative estimate of drug-likeness (QED) is 0.878. The summed E-state index contributed by atoms with van der Waals surface area (Å²) >= 11 is 1.59. The van der Waals surface area contributed by atoms with Crippen molar-refractivity contribution in [2.24, 2.45) is 0 Å². The number of amides is 1. The van der Waals surface area contributed by atoms with Crippen molar-refractivity contribution in [3.05, 3.63) is 45.6 Å². The molecule has 0 fully saturated rings. The third kappa shape index (κ3) is 2.63. The van der Waals surface area contributed by atoms with E-state index < -0.39 is 0 Å². The topological polar surface area (TPSA) is 49.3 Å². The van der Waals surface area contributed by atoms with Crippen molar-refractivity contribution >= 4 is 22.9 Å². The van der Waals surface area contributed by atoms with Gasteiger partial charge in [0.25, 0.3) is 5.91 Å². The highest BCUT2D eigenvalue weighted by molar-refractivity contribution is 7.14. The van der Waals surface area contributed by atoms with Gasteiger partial charge < -0.3 is 10.4 Å². The smallest absolute Gasteiger partial charge is 0.265 e. The molecule has 1 aliphatic rings. The van der Waals surface area contributed by atoms with Gasteiger partial charge in [0, 0.05) is 16.6 Å². The summed E-state index contributed by atoms with van der Waals surface area (Å²) < 4.78 is 0. The van der Waals surface area contributed by atoms with Crippen LogP contribution in [0.4, 0.5) is 5.69 Å². The molecule has 3 nitrogen and oxygen atoms in total. The summed E-state index contributed by atoms with van der Waals surface area (Å²) in [5.41, 5.74) is 1.95. The lowest BCUT2D eigenvalue weighted by molar-refractivity contribution is 0.103. The first-order valence-electron chi connectivity index (χ1n) is 6.44. The zero-order chi connectivity index (χ0) is 13.2. The first kappa shape index (κ1) is 12.2. The van der Waals surface area contributed by atoms with Gasteiger partial charge in [-0.1, -0.05) is 6.07 Å². The number of aryl methyl sites for hydroxylation is 2. The fourth-order valence-electron chi connectivity index (χ4n) is 2.38. The highest BCUT2D eigenvalue weighted by Crippen LogP contribution is 2.30. The molecule has 19 heavy (non-hydrogen) atoms. The van der Waals surface area contributed by atoms with Gasteiger partial charge in [-0.2, -0.15) is 0 Å². The summed E-state index contributed by atoms with van der Waals surface area (Å²) in [4.78, 5) is 14.3. The van der Waals surface area contributed by atoms with Crippen LogP contribution in [0.3, 0.4) is 0 Å². The van der Waals surface area contributed by atoms with E-state index in [9.17, 15) is 9.90 Å². The lowest BCUT2D eigenvalue weighted by atomic mass is 9.99. The average Bonchev–Trinajstić information content (AvgIpc) is 2.82. The number of phenolic OH excluding ortho intramolecular Hbond substituents is 1. The molecule has 1 aliphatic carbocycles. The number of carbonyl (C=O) groups is 1. The number of nitrogens with one attached hydrogen (secondary N) is 1. The molecule has 1 aromatic heterocycles. The summed E-state index contributed by atoms with van der Waals surface area (Å²) in [6.07, 6.45) is 4.63. The molecule has 2 N–H and O–H groups in total. The van der Waals surface area contributed by atoms with Crippen LogP contribution < -0.4 is 5.32 Å². The molecule has 1 aromatic carbocycles. The Morgan fingerprint density at radius 1 is 1.21 bits per heavy atom. The molecule has 4 heteroatoms. The van der Waals surface area contributed by atoms with Crippen molar-refractivity contribution in [2.45, 2.75) is 25.7 Å². The molecule has 0 bridgehead atoms. The Morgan fingerprint density at radius 2 is 2.05 bits per heavy atom. The molecule has 1 heterocycles. The first-order valence-corrected chi connectivity index (χ1v) is 7.26. The van der Waals surface area contributed by atoms with Crippen molar-refractivity contribution in [2.75, 3.05) is 5.32 Å². The van der Waals surface area contributed by atoms with Crippen molar-refractivity contribution in [1.29, 1.82) is 0 Å². The van der Waals surface area contributed by atoms with Gasteiger partial charge >= 0.3 is 0 Å². The SMILES string of the molecule is O=C(Nc1cccc(O)c1)c1cc2c(s1)CCCC2. The Bertz CT molecular complexity index is 595. The molecule has 0 radical (unpaired) electrons. The number of benzene rings is 1. The summed E-state index contributed by atoms with van der Waals surface area (Å²) in [5, 5.41) is 12.2. The predicted molar refractivity (Wildman–Crippen MR) is 77.0 cm³/mol. The lowest BCUT2D eigenvalue weighted by Crippen LogP contribution is -2.09. The monoisotopic (exact) mass is 273 g/mol. The second-order valence-electron chi connectivity index (χ2n) is 4.77. The van der Waals surface area contributed by atoms with Gasteiger partial charge in [0.1, 0.15) is 5.75 Å². The number of thiophene rings is 1. The molecule has 0 saturated heterocycles. The number of fused-ring (bicyclic) bond motifs is 1. The van der Waals surface area contributed by atoms with Crippen LogP contribution in [0.15, 0.2) is 30.3 Å². The number of hydrogen-bond acceptors (Lipinski definition) is 3. The molecular formula is C15H15NO2S. The molecule has 2 aromatic rings. The fourth-order valence-corrected chi connectivity index (χ4v) is 3.53. The van der Waals surface area contributed by atoms with Gasteiger partial charge in [-0.15, -0.1) is 11.3 Å². The Hall–Kier alpha value is -1.81. The predicted octanol–water partition coefficient (Wildman–Crippen LogP) is 3.58. The fraction of sp³-hybridized carbons (Fsp3) is 0.267. The summed E-state index contributed by atoms with van der Waals surface area (Å²) in [5.74, 6) is 0.0632. The van der Waals surface area contributed by atoms with Crippen molar-refractivity contribution in [1.82, 2.24) is 0 Å². The van der Waals surface area contributed by atoms with Crippen LogP contribution >= 0.6 is 11.3 Å². The van der Waals surface area contributed by atoms with E-state index in [1.807, 2.05) is 6.07 Å². The standard InChI is InChI=1S/C15H15NO2S/c17-12-6-3-5-11(9-12)16-15(18)14-8-10-4-1-2-7-13(10)19-14/h3,5-6,8-9,17H,1-2,4,7H2,(H,16,18). The molecule has 0 atom stereocenters. The second kappa shape index (κ2) is 5.05. The lowest BCUT2D eigenvalue weighted by Gasteiger charge is -2.08. The summed E-state index contributed by atoms with van der Waals surface area (Å²) in [7, 11) is 0. The van der Waals surface area contributed by atoms with Crippen LogP contribution in [-0.4, -0.2) is 11.0 Å². The first-order chi connectivity index (χ1) is 9.22. The van der Waals surface area contributed by atoms with Crippen LogP contribution in [0.25, 0.3) is 0 Å². The normalized spacial score (nSPS) is 13.9. The number of phenols is 1. The van der Waals surface area contributed by atoms with Gasteiger partial charge in [-0.3, -0.25) is 4.79 Å². The minimum absolute atomic E-state index is 0.0926. The molecule has 98 valence electrons. The second-order valence-corrected chi connectivity index (χ2v) is 5.91. The Labute approximate surface area is 115 Å². The maximum absolute atomic E-state index is 12.2. The molecule has 0 unspecified atom stereocenters. The summed E-state index contributed by atoms with van der Waals surface area (Å²) in [6.45, 7) is 0. The molecule has 0 saturated carbocycles. The van der Waals surface area contributed by atoms with Crippen molar-refractivity contribution in [3.8, 4) is 5.75 Å². The highest BCUT2D eigenvalue weighted by atomic mass is 32.1. The zero-order valence-corrected chi connectivity index (χ0v) is 11.3. The van der Waals surface area contributed by atoms with E-state index in [4.69, 9.17) is 0 Å². The van der Waals surface area contributed by atoms with Gasteiger partial charge in [-0.05, 0) is 49.4 Å². The molecule has 1 amide bonds. The molecule has 3 rings (SSSR count). The number of anilines is 1. The van der Waals surface area contributed by atoms with Crippen LogP contribution in [0, 0.1) is 0 Å². The van der Waals surface area contributed by atoms with Gasteiger partial charge in [0.2, 0.25) is 0 Å². The minimum atomic E-state index is -0.0926. The number of rotatable bonds is 2. The number of hydrogen-bond donors (Lipinski definition) is 2. The van der Waals surface area contributed by atoms with Crippen molar-refractivity contribution < 1.29 is 9.90 Å². The molecular weight excluding hydrogens is 258 g/mol. The minimum Gasteiger partial charge on any atom is -0.508 e. The summed E-state index contributed by atoms with van der Waals surface area (Å²) in [6, 6.07) is 8.62. The average molecular weight is 273 g/mol. The van der Waals surface area contributed by atoms with E-state index in [2.05, 4.69) is 5.32 Å². The van der Waals surface area contributed by atoms with E-state index in [0.29, 0.717) is 5.69 Å². The van der Waals surface area contributed by atoms with E-state index in [-0.39, 0.29) is 11.7 Å². The molecule has 0 spiro atoms. The number of carbonyl (C=O) groups excluding carboxylic acids is 1. The highest BCUT2D eigenvalue weighted by Gasteiger charge is 2.17. The maximum atomic E-state index is 12.2. The molecule has 0 aliphatic heterocycles. The van der Waals surface area contributed by atoms with E-state index in [1.165, 1.54) is 23.3 Å². The third-order valence-electron chi connectivity index (χ3n) is 3.32. The van der Waals surface area contributed by atoms with E-state index >= 15 is 0 Å². The largest absolute Gasteiger partial charge is 0.508 e. The van der Waals surface area contributed by atoms with Crippen LogP contribution in [0.5, 0.6) is 5.75 Å². The Morgan fingerprint density at radius 3 is 2.84 bits per heavy atom. The van der Waals surface area contributed by atoms with Gasteiger partial charge in [0.05, 0.1) is 4.88 Å². The van der Waals surface area contributed by atoms with Crippen LogP contribution in [-0.2, 0) is 12.8 Å². The van der Waals surface area contributed by atoms with Crippen LogP contribution in [0.1, 0.15) is 33.0 Å². The third-order valence-corrected chi connectivity index (χ3v) is 4.56. The zero-order valence-electron chi connectivity index (χ0n) is 10.5. The Kier molecular flexibility index (Phi) is 3.25. The van der Waals surface area contributed by atoms with Gasteiger partial charge in [0.15, 0.2) is 0 Å².